The van der Waals surface area contributed by atoms with Crippen molar-refractivity contribution in [3.8, 4) is 0 Å². The average molecular weight is 354 g/mol. The molecule has 1 amide bonds. The van der Waals surface area contributed by atoms with Gasteiger partial charge in [0.25, 0.3) is 0 Å². The number of nitrogens with zero attached hydrogens (tertiary/aromatic N) is 1. The van der Waals surface area contributed by atoms with E-state index in [9.17, 15) is 4.79 Å². The predicted molar refractivity (Wildman–Crippen MR) is 92.6 cm³/mol. The molecule has 0 saturated heterocycles. The number of nitrogens with one attached hydrogen (secondary N) is 1. The molecule has 120 valence electrons. The highest BCUT2D eigenvalue weighted by molar-refractivity contribution is 6.42. The first-order valence-electron chi connectivity index (χ1n) is 6.83. The van der Waals surface area contributed by atoms with Crippen LogP contribution in [0.2, 0.25) is 10.0 Å². The van der Waals surface area contributed by atoms with E-state index in [0.717, 1.165) is 18.5 Å². The summed E-state index contributed by atoms with van der Waals surface area (Å²) in [5.74, 6) is 0.168. The third kappa shape index (κ3) is 6.88. The van der Waals surface area contributed by atoms with Gasteiger partial charge in [0.05, 0.1) is 10.0 Å². The first kappa shape index (κ1) is 20.5. The second kappa shape index (κ2) is 10.3. The summed E-state index contributed by atoms with van der Waals surface area (Å²) in [6.45, 7) is 5.46. The summed E-state index contributed by atoms with van der Waals surface area (Å²) in [4.78, 5) is 14.1. The van der Waals surface area contributed by atoms with Gasteiger partial charge in [-0.15, -0.1) is 12.4 Å². The van der Waals surface area contributed by atoms with Gasteiger partial charge in [-0.25, -0.2) is 0 Å². The summed E-state index contributed by atoms with van der Waals surface area (Å²) in [6, 6.07) is 5.65. The van der Waals surface area contributed by atoms with Crippen molar-refractivity contribution in [2.24, 2.45) is 0 Å². The van der Waals surface area contributed by atoms with E-state index in [1.165, 1.54) is 0 Å². The van der Waals surface area contributed by atoms with Crippen molar-refractivity contribution in [1.82, 2.24) is 10.2 Å². The lowest BCUT2D eigenvalue weighted by atomic mass is 10.1. The van der Waals surface area contributed by atoms with Gasteiger partial charge in [0, 0.05) is 19.0 Å². The fourth-order valence-electron chi connectivity index (χ4n) is 1.95. The van der Waals surface area contributed by atoms with Crippen LogP contribution in [0.4, 0.5) is 0 Å². The molecule has 0 bridgehead atoms. The van der Waals surface area contributed by atoms with Crippen LogP contribution >= 0.6 is 35.6 Å². The smallest absolute Gasteiger partial charge is 0.223 e. The Morgan fingerprint density at radius 1 is 1.29 bits per heavy atom. The molecule has 6 heteroatoms. The Bertz CT molecular complexity index is 453. The van der Waals surface area contributed by atoms with E-state index in [2.05, 4.69) is 5.32 Å². The van der Waals surface area contributed by atoms with Crippen LogP contribution in [-0.2, 0) is 11.3 Å². The number of carbonyl (C=O) groups excluding carboxylic acids is 1. The molecule has 0 aliphatic heterocycles. The van der Waals surface area contributed by atoms with Crippen molar-refractivity contribution >= 4 is 41.5 Å². The fourth-order valence-corrected chi connectivity index (χ4v) is 2.27. The van der Waals surface area contributed by atoms with Gasteiger partial charge in [-0.1, -0.05) is 29.3 Å². The molecule has 0 fully saturated rings. The van der Waals surface area contributed by atoms with Crippen molar-refractivity contribution in [3.63, 3.8) is 0 Å². The fraction of sp³-hybridized carbons (Fsp3) is 0.533. The van der Waals surface area contributed by atoms with Crippen LogP contribution in [0.5, 0.6) is 0 Å². The lowest BCUT2D eigenvalue weighted by molar-refractivity contribution is -0.133. The first-order valence-corrected chi connectivity index (χ1v) is 7.59. The molecular formula is C15H23Cl3N2O. The second-order valence-electron chi connectivity index (χ2n) is 5.07. The van der Waals surface area contributed by atoms with E-state index in [-0.39, 0.29) is 24.4 Å². The van der Waals surface area contributed by atoms with Crippen LogP contribution in [0.3, 0.4) is 0 Å². The van der Waals surface area contributed by atoms with Crippen LogP contribution in [0, 0.1) is 0 Å². The first-order chi connectivity index (χ1) is 9.45. The van der Waals surface area contributed by atoms with E-state index >= 15 is 0 Å². The Balaban J connectivity index is 0.00000400. The van der Waals surface area contributed by atoms with Crippen molar-refractivity contribution in [2.75, 3.05) is 13.6 Å². The molecule has 1 aromatic carbocycles. The Labute approximate surface area is 143 Å². The Morgan fingerprint density at radius 2 is 1.95 bits per heavy atom. The molecule has 1 aromatic rings. The molecule has 3 nitrogen and oxygen atoms in total. The van der Waals surface area contributed by atoms with Gasteiger partial charge in [0.1, 0.15) is 0 Å². The summed E-state index contributed by atoms with van der Waals surface area (Å²) in [5, 5.41) is 4.11. The number of rotatable bonds is 7. The van der Waals surface area contributed by atoms with Gasteiger partial charge < -0.3 is 10.2 Å². The van der Waals surface area contributed by atoms with E-state index in [1.54, 1.807) is 6.07 Å². The van der Waals surface area contributed by atoms with Gasteiger partial charge in [-0.2, -0.15) is 0 Å². The highest BCUT2D eigenvalue weighted by Crippen LogP contribution is 2.23. The molecule has 21 heavy (non-hydrogen) atoms. The summed E-state index contributed by atoms with van der Waals surface area (Å²) in [7, 11) is 1.89. The summed E-state index contributed by atoms with van der Waals surface area (Å²) >= 11 is 11.9. The average Bonchev–Trinajstić information content (AvgIpc) is 2.39. The topological polar surface area (TPSA) is 32.3 Å². The SMILES string of the molecule is CNCCCC(=O)N(Cc1ccc(Cl)c(Cl)c1)C(C)C.Cl. The molecule has 0 spiro atoms. The Hall–Kier alpha value is -0.480. The molecule has 0 aliphatic carbocycles. The van der Waals surface area contributed by atoms with Gasteiger partial charge >= 0.3 is 0 Å². The normalized spacial score (nSPS) is 10.4. The minimum absolute atomic E-state index is 0. The molecule has 0 aliphatic rings. The molecule has 0 saturated carbocycles. The number of benzene rings is 1. The summed E-state index contributed by atoms with van der Waals surface area (Å²) < 4.78 is 0. The van der Waals surface area contributed by atoms with Crippen molar-refractivity contribution < 1.29 is 4.79 Å². The lowest BCUT2D eigenvalue weighted by Crippen LogP contribution is -2.36. The molecule has 0 atom stereocenters. The van der Waals surface area contributed by atoms with Gasteiger partial charge in [0.15, 0.2) is 0 Å². The maximum atomic E-state index is 12.3. The molecule has 0 radical (unpaired) electrons. The largest absolute Gasteiger partial charge is 0.336 e. The van der Waals surface area contributed by atoms with Gasteiger partial charge in [-0.05, 0) is 51.6 Å². The molecule has 1 N–H and O–H groups in total. The zero-order chi connectivity index (χ0) is 15.1. The number of halogens is 3. The van der Waals surface area contributed by atoms with E-state index in [4.69, 9.17) is 23.2 Å². The van der Waals surface area contributed by atoms with Crippen LogP contribution in [-0.4, -0.2) is 30.4 Å². The van der Waals surface area contributed by atoms with E-state index < -0.39 is 0 Å². The van der Waals surface area contributed by atoms with Crippen molar-refractivity contribution in [1.29, 1.82) is 0 Å². The second-order valence-corrected chi connectivity index (χ2v) is 5.89. The number of amides is 1. The third-order valence-electron chi connectivity index (χ3n) is 3.10. The molecule has 0 unspecified atom stereocenters. The number of carbonyl (C=O) groups is 1. The predicted octanol–water partition coefficient (Wildman–Crippen LogP) is 4.15. The standard InChI is InChI=1S/C15H22Cl2N2O.ClH/c1-11(2)19(15(20)5-4-8-18-3)10-12-6-7-13(16)14(17)9-12;/h6-7,9,11,18H,4-5,8,10H2,1-3H3;1H. The van der Waals surface area contributed by atoms with Gasteiger partial charge in [0.2, 0.25) is 5.91 Å². The maximum absolute atomic E-state index is 12.3. The van der Waals surface area contributed by atoms with Crippen LogP contribution in [0.25, 0.3) is 0 Å². The highest BCUT2D eigenvalue weighted by Gasteiger charge is 2.17. The molecule has 0 aromatic heterocycles. The minimum Gasteiger partial charge on any atom is -0.336 e. The lowest BCUT2D eigenvalue weighted by Gasteiger charge is -2.27. The molecule has 0 heterocycles. The van der Waals surface area contributed by atoms with Crippen molar-refractivity contribution in [3.05, 3.63) is 33.8 Å². The van der Waals surface area contributed by atoms with Crippen molar-refractivity contribution in [2.45, 2.75) is 39.3 Å². The zero-order valence-corrected chi connectivity index (χ0v) is 15.0. The van der Waals surface area contributed by atoms with Gasteiger partial charge in [-0.3, -0.25) is 4.79 Å². The van der Waals surface area contributed by atoms with E-state index in [1.807, 2.05) is 37.9 Å². The summed E-state index contributed by atoms with van der Waals surface area (Å²) in [6.07, 6.45) is 1.40. The summed E-state index contributed by atoms with van der Waals surface area (Å²) in [5.41, 5.74) is 0.995. The van der Waals surface area contributed by atoms with Crippen LogP contribution in [0.1, 0.15) is 32.3 Å². The Morgan fingerprint density at radius 3 is 2.48 bits per heavy atom. The van der Waals surface area contributed by atoms with E-state index in [0.29, 0.717) is 23.0 Å². The quantitative estimate of drug-likeness (QED) is 0.747. The monoisotopic (exact) mass is 352 g/mol. The minimum atomic E-state index is 0. The third-order valence-corrected chi connectivity index (χ3v) is 3.84. The number of hydrogen-bond donors (Lipinski definition) is 1. The Kier molecular flexibility index (Phi) is 10.0. The highest BCUT2D eigenvalue weighted by atomic mass is 35.5. The van der Waals surface area contributed by atoms with Crippen LogP contribution in [0.15, 0.2) is 18.2 Å². The molecule has 1 rings (SSSR count). The number of hydrogen-bond acceptors (Lipinski definition) is 2. The molecular weight excluding hydrogens is 331 g/mol. The zero-order valence-electron chi connectivity index (χ0n) is 12.7. The van der Waals surface area contributed by atoms with Crippen LogP contribution < -0.4 is 5.32 Å². The maximum Gasteiger partial charge on any atom is 0.223 e.